The Hall–Kier alpha value is -0.730. The number of hydrogen-bond acceptors (Lipinski definition) is 2. The molecule has 0 atom stereocenters. The number of nitrogens with one attached hydrogen (secondary N) is 1. The van der Waals surface area contributed by atoms with E-state index in [0.717, 1.165) is 11.2 Å². The Morgan fingerprint density at radius 2 is 2.43 bits per heavy atom. The quantitative estimate of drug-likeness (QED) is 0.442. The Morgan fingerprint density at radius 1 is 1.71 bits per heavy atom. The minimum atomic E-state index is 0.236. The Morgan fingerprint density at radius 3 is 2.57 bits per heavy atom. The molecule has 1 saturated heterocycles. The van der Waals surface area contributed by atoms with Gasteiger partial charge in [-0.15, -0.1) is 5.41 Å². The van der Waals surface area contributed by atoms with Crippen LogP contribution in [0, 0.1) is 10.3 Å². The molecule has 38 valence electrons. The lowest BCUT2D eigenvalue weighted by atomic mass is 10.4. The van der Waals surface area contributed by atoms with E-state index in [1.807, 2.05) is 0 Å². The fraction of sp³-hybridized carbons (Fsp3) is 0.750. The third-order valence-electron chi connectivity index (χ3n) is 1.08. The highest BCUT2D eigenvalue weighted by Gasteiger charge is 2.21. The predicted octanol–water partition coefficient (Wildman–Crippen LogP) is 0.536. The first-order valence-corrected chi connectivity index (χ1v) is 2.33. The Labute approximate surface area is 41.4 Å². The van der Waals surface area contributed by atoms with Gasteiger partial charge in [-0.2, -0.15) is 0 Å². The van der Waals surface area contributed by atoms with Crippen molar-refractivity contribution < 1.29 is 4.76 Å². The van der Waals surface area contributed by atoms with Crippen molar-refractivity contribution in [1.29, 1.82) is 5.41 Å². The minimum Gasteiger partial charge on any atom is -0.101 e. The van der Waals surface area contributed by atoms with Crippen molar-refractivity contribution in [2.75, 3.05) is 6.54 Å². The fourth-order valence-electron chi connectivity index (χ4n) is 0.650. The van der Waals surface area contributed by atoms with Gasteiger partial charge >= 0.3 is 5.84 Å². The van der Waals surface area contributed by atoms with E-state index in [1.165, 1.54) is 0 Å². The van der Waals surface area contributed by atoms with Crippen LogP contribution < -0.4 is 0 Å². The first kappa shape index (κ1) is 4.43. The molecule has 0 amide bonds. The summed E-state index contributed by atoms with van der Waals surface area (Å²) in [6.45, 7) is 0.527. The average molecular weight is 99.1 g/mol. The van der Waals surface area contributed by atoms with Crippen LogP contribution in [0.1, 0.15) is 12.8 Å². The highest BCUT2D eigenvalue weighted by molar-refractivity contribution is 5.71. The molecule has 0 bridgehead atoms. The molecule has 0 spiro atoms. The summed E-state index contributed by atoms with van der Waals surface area (Å²) in [7, 11) is 0. The zero-order chi connectivity index (χ0) is 5.28. The van der Waals surface area contributed by atoms with Gasteiger partial charge < -0.3 is 0 Å². The number of nitroso groups, excluding NO2 is 1. The number of amidine groups is 1. The second kappa shape index (κ2) is 1.40. The Bertz CT molecular complexity index is 105. The summed E-state index contributed by atoms with van der Waals surface area (Å²) >= 11 is 0. The van der Waals surface area contributed by atoms with E-state index in [4.69, 9.17) is 5.41 Å². The largest absolute Gasteiger partial charge is 0.328 e. The molecule has 1 N–H and O–H groups in total. The van der Waals surface area contributed by atoms with Gasteiger partial charge in [-0.25, -0.2) is 0 Å². The maximum Gasteiger partial charge on any atom is 0.328 e. The van der Waals surface area contributed by atoms with Gasteiger partial charge in [0.05, 0.1) is 6.42 Å². The van der Waals surface area contributed by atoms with E-state index in [0.29, 0.717) is 13.0 Å². The normalized spacial score (nSPS) is 21.1. The van der Waals surface area contributed by atoms with Crippen molar-refractivity contribution >= 4 is 5.84 Å². The molecule has 3 heteroatoms. The molecule has 7 heavy (non-hydrogen) atoms. The lowest BCUT2D eigenvalue weighted by Crippen LogP contribution is -2.05. The molecule has 0 radical (unpaired) electrons. The van der Waals surface area contributed by atoms with E-state index in [2.05, 4.69) is 0 Å². The third kappa shape index (κ3) is 0.656. The first-order valence-electron chi connectivity index (χ1n) is 2.33. The van der Waals surface area contributed by atoms with Crippen LogP contribution in [0.2, 0.25) is 0 Å². The Balaban J connectivity index is 2.65. The molecule has 0 aromatic carbocycles. The maximum absolute atomic E-state index is 10.3. The molecule has 0 aromatic heterocycles. The molecule has 1 rings (SSSR count). The lowest BCUT2D eigenvalue weighted by molar-refractivity contribution is -0.419. The van der Waals surface area contributed by atoms with E-state index < -0.39 is 0 Å². The summed E-state index contributed by atoms with van der Waals surface area (Å²) in [6, 6.07) is 0. The van der Waals surface area contributed by atoms with E-state index in [-0.39, 0.29) is 5.84 Å². The second-order valence-corrected chi connectivity index (χ2v) is 1.65. The lowest BCUT2D eigenvalue weighted by Gasteiger charge is -1.72. The number of hydrogen-bond donors (Lipinski definition) is 1. The monoisotopic (exact) mass is 99.1 g/mol. The molecular weight excluding hydrogens is 92.1 g/mol. The zero-order valence-corrected chi connectivity index (χ0v) is 3.98. The maximum atomic E-state index is 10.3. The van der Waals surface area contributed by atoms with Crippen molar-refractivity contribution in [2.45, 2.75) is 12.8 Å². The molecule has 1 fully saturated rings. The van der Waals surface area contributed by atoms with Crippen LogP contribution in [0.4, 0.5) is 0 Å². The smallest absolute Gasteiger partial charge is 0.101 e. The molecule has 3 nitrogen and oxygen atoms in total. The molecular formula is C4H7N2O+. The Kier molecular flexibility index (Phi) is 0.889. The van der Waals surface area contributed by atoms with Crippen LogP contribution in [-0.4, -0.2) is 17.1 Å². The molecule has 0 aliphatic carbocycles. The van der Waals surface area contributed by atoms with Gasteiger partial charge in [0.15, 0.2) is 0 Å². The van der Waals surface area contributed by atoms with Crippen molar-refractivity contribution in [2.24, 2.45) is 0 Å². The van der Waals surface area contributed by atoms with Gasteiger partial charge in [0.2, 0.25) is 0 Å². The summed E-state index contributed by atoms with van der Waals surface area (Å²) in [5.41, 5.74) is 0. The predicted molar refractivity (Wildman–Crippen MR) is 25.5 cm³/mol. The van der Waals surface area contributed by atoms with E-state index in [1.54, 1.807) is 0 Å². The van der Waals surface area contributed by atoms with Crippen molar-refractivity contribution in [1.82, 2.24) is 0 Å². The van der Waals surface area contributed by atoms with Crippen molar-refractivity contribution in [3.63, 3.8) is 0 Å². The van der Waals surface area contributed by atoms with Gasteiger partial charge in [0.25, 0.3) is 0 Å². The van der Waals surface area contributed by atoms with Crippen LogP contribution in [0.25, 0.3) is 0 Å². The van der Waals surface area contributed by atoms with Gasteiger partial charge in [-0.1, -0.05) is 4.91 Å². The van der Waals surface area contributed by atoms with Crippen LogP contribution in [-0.2, 0) is 0 Å². The highest BCUT2D eigenvalue weighted by Crippen LogP contribution is 2.01. The van der Waals surface area contributed by atoms with Gasteiger partial charge in [-0.3, -0.25) is 0 Å². The summed E-state index contributed by atoms with van der Waals surface area (Å²) in [6.07, 6.45) is 1.53. The molecule has 0 aromatic rings. The van der Waals surface area contributed by atoms with Crippen molar-refractivity contribution in [3.8, 4) is 0 Å². The summed E-state index contributed by atoms with van der Waals surface area (Å²) in [5, 5.41) is 6.87. The number of rotatable bonds is 0. The SMILES string of the molecule is N=C1CCC[N+]1=O. The standard InChI is InChI=1S/C4H7N2O/c5-4-2-1-3-6(4)7/h5H,1-3H2/q+1. The molecule has 0 saturated carbocycles. The third-order valence-corrected chi connectivity index (χ3v) is 1.08. The highest BCUT2D eigenvalue weighted by atomic mass is 16.3. The van der Waals surface area contributed by atoms with E-state index >= 15 is 0 Å². The first-order chi connectivity index (χ1) is 3.30. The van der Waals surface area contributed by atoms with Crippen LogP contribution >= 0.6 is 0 Å². The molecule has 1 aliphatic rings. The van der Waals surface area contributed by atoms with Gasteiger partial charge in [0.1, 0.15) is 6.54 Å². The summed E-state index contributed by atoms with van der Waals surface area (Å²) < 4.78 is 0.736. The van der Waals surface area contributed by atoms with E-state index in [9.17, 15) is 4.91 Å². The molecule has 1 heterocycles. The topological polar surface area (TPSA) is 43.9 Å². The summed E-state index contributed by atoms with van der Waals surface area (Å²) in [5.74, 6) is 0.236. The van der Waals surface area contributed by atoms with Gasteiger partial charge in [0, 0.05) is 6.42 Å². The fourth-order valence-corrected chi connectivity index (χ4v) is 0.650. The molecule has 0 unspecified atom stereocenters. The minimum absolute atomic E-state index is 0.236. The van der Waals surface area contributed by atoms with Crippen LogP contribution in [0.5, 0.6) is 0 Å². The molecule has 1 aliphatic heterocycles. The van der Waals surface area contributed by atoms with Gasteiger partial charge in [-0.05, 0) is 4.76 Å². The number of nitrogens with zero attached hydrogens (tertiary/aromatic N) is 1. The van der Waals surface area contributed by atoms with Crippen LogP contribution in [0.15, 0.2) is 0 Å². The van der Waals surface area contributed by atoms with Crippen LogP contribution in [0.3, 0.4) is 0 Å². The zero-order valence-electron chi connectivity index (χ0n) is 3.98. The summed E-state index contributed by atoms with van der Waals surface area (Å²) in [4.78, 5) is 10.3. The average Bonchev–Trinajstić information content (AvgIpc) is 1.91. The second-order valence-electron chi connectivity index (χ2n) is 1.65. The van der Waals surface area contributed by atoms with Crippen molar-refractivity contribution in [3.05, 3.63) is 4.91 Å².